The molecule has 14 aromatic carbocycles. The summed E-state index contributed by atoms with van der Waals surface area (Å²) in [7, 11) is 0. The summed E-state index contributed by atoms with van der Waals surface area (Å²) < 4.78 is 9.22. The Morgan fingerprint density at radius 1 is 0.180 bits per heavy atom. The van der Waals surface area contributed by atoms with Crippen molar-refractivity contribution >= 4 is 87.2 Å². The Morgan fingerprint density at radius 3 is 0.797 bits per heavy atom. The number of pyridine rings is 6. The van der Waals surface area contributed by atoms with Crippen molar-refractivity contribution in [2.45, 2.75) is 0 Å². The second-order valence-corrected chi connectivity index (χ2v) is 32.0. The second kappa shape index (κ2) is 31.9. The summed E-state index contributed by atoms with van der Waals surface area (Å²) in [5.41, 5.74) is 32.4. The SMILES string of the molecule is N#Cc1ccc(-c2cc(-n3c4ccccc4c4cc(-c5ccnc(-c6ccccc6)c5)ccc43)ncc2-n2c3ccccc3c3cc(-c4ccnc(-c5ccccc5)c4)ccc32)cc1.N#Cc1ccc(-c2cc(-n3c4ccccc4c4ccc(-c5ccnc(-c6ccccc6)c5)cc43)ncc2-n2c3ccccc3c3ccc(-c4ccnc(-c5ccccc5)c4)cc32)cc1. The lowest BCUT2D eigenvalue weighted by molar-refractivity contribution is 1.06. The van der Waals surface area contributed by atoms with Gasteiger partial charge >= 0.3 is 0 Å². The third-order valence-corrected chi connectivity index (χ3v) is 24.7. The largest absolute Gasteiger partial charge is 0.307 e. The smallest absolute Gasteiger partial charge is 0.138 e. The maximum absolute atomic E-state index is 9.82. The first-order valence-electron chi connectivity index (χ1n) is 42.6. The number of hydrogen-bond acceptors (Lipinski definition) is 8. The van der Waals surface area contributed by atoms with E-state index >= 15 is 0 Å². The third-order valence-electron chi connectivity index (χ3n) is 24.7. The number of benzene rings is 14. The second-order valence-electron chi connectivity index (χ2n) is 32.0. The van der Waals surface area contributed by atoms with Crippen molar-refractivity contribution in [2.24, 2.45) is 0 Å². The van der Waals surface area contributed by atoms with Crippen molar-refractivity contribution in [1.29, 1.82) is 10.5 Å². The van der Waals surface area contributed by atoms with Gasteiger partial charge in [-0.15, -0.1) is 0 Å². The minimum absolute atomic E-state index is 0.606. The molecule has 596 valence electrons. The molecule has 0 aliphatic heterocycles. The highest BCUT2D eigenvalue weighted by molar-refractivity contribution is 6.15. The summed E-state index contributed by atoms with van der Waals surface area (Å²) in [6.07, 6.45) is 11.6. The van der Waals surface area contributed by atoms with Gasteiger partial charge in [-0.05, 0) is 201 Å². The average molecular weight is 1630 g/mol. The van der Waals surface area contributed by atoms with Crippen LogP contribution in [0.5, 0.6) is 0 Å². The van der Waals surface area contributed by atoms with Gasteiger partial charge in [0.2, 0.25) is 0 Å². The van der Waals surface area contributed by atoms with Crippen LogP contribution >= 0.6 is 0 Å². The van der Waals surface area contributed by atoms with E-state index < -0.39 is 0 Å². The fourth-order valence-electron chi connectivity index (χ4n) is 18.5. The topological polar surface area (TPSA) is 145 Å². The van der Waals surface area contributed by atoms with Crippen molar-refractivity contribution in [3.8, 4) is 147 Å². The van der Waals surface area contributed by atoms with E-state index in [2.05, 4.69) is 314 Å². The minimum Gasteiger partial charge on any atom is -0.307 e. The van der Waals surface area contributed by atoms with Gasteiger partial charge in [0.25, 0.3) is 0 Å². The molecule has 0 bridgehead atoms. The Balaban J connectivity index is 0.000000146. The summed E-state index contributed by atoms with van der Waals surface area (Å²) in [4.78, 5) is 29.5. The van der Waals surface area contributed by atoms with Crippen LogP contribution in [0.25, 0.3) is 222 Å². The molecule has 12 heteroatoms. The summed E-state index contributed by atoms with van der Waals surface area (Å²) in [5.74, 6) is 1.59. The lowest BCUT2D eigenvalue weighted by Gasteiger charge is -2.17. The first-order chi connectivity index (χ1) is 63.4. The normalized spacial score (nSPS) is 11.4. The predicted octanol–water partition coefficient (Wildman–Crippen LogP) is 28.5. The van der Waals surface area contributed by atoms with Crippen molar-refractivity contribution < 1.29 is 0 Å². The van der Waals surface area contributed by atoms with Gasteiger partial charge in [0.15, 0.2) is 0 Å². The standard InChI is InChI=1S/2C58H36N6/c59-36-38-19-21-39(22-20-38)50-35-58(64-54-18-10-8-16-47(54)49-26-24-43(34-56(49)64)45-28-30-61-52(32-45)41-13-5-2-6-14-41)62-37-57(50)63-53-17-9-7-15-46(53)48-25-23-42(33-55(48)63)44-27-29-60-51(31-44)40-11-3-1-4-12-40;59-36-38-19-21-39(22-20-38)48-35-58(64-54-18-10-8-16-47(54)50-32-43(24-26-56(50)64)45-28-30-61-52(34-45)41-13-5-2-6-14-41)62-37-57(48)63-53-17-9-7-15-46(53)49-31-42(23-25-55(49)63)44-27-29-60-51(33-44)40-11-3-1-4-12-40/h2*1-35,37H. The molecule has 0 saturated carbocycles. The Kier molecular flexibility index (Phi) is 18.7. The molecular weight excluding hydrogens is 1560 g/mol. The maximum atomic E-state index is 9.82. The monoisotopic (exact) mass is 1630 g/mol. The Labute approximate surface area is 736 Å². The molecule has 128 heavy (non-hydrogen) atoms. The first kappa shape index (κ1) is 75.2. The zero-order chi connectivity index (χ0) is 85.1. The number of rotatable bonds is 14. The number of nitrogens with zero attached hydrogens (tertiary/aromatic N) is 12. The molecule has 0 N–H and O–H groups in total. The van der Waals surface area contributed by atoms with Gasteiger partial charge in [0, 0.05) is 101 Å². The van der Waals surface area contributed by atoms with E-state index in [4.69, 9.17) is 24.9 Å². The van der Waals surface area contributed by atoms with Crippen molar-refractivity contribution in [1.82, 2.24) is 48.2 Å². The molecule has 12 nitrogen and oxygen atoms in total. The molecule has 0 aliphatic carbocycles. The van der Waals surface area contributed by atoms with Gasteiger partial charge < -0.3 is 9.13 Å². The van der Waals surface area contributed by atoms with Crippen LogP contribution in [0.3, 0.4) is 0 Å². The molecule has 24 aromatic rings. The lowest BCUT2D eigenvalue weighted by atomic mass is 10.0. The lowest BCUT2D eigenvalue weighted by Crippen LogP contribution is -2.03. The van der Waals surface area contributed by atoms with E-state index in [1.165, 1.54) is 0 Å². The van der Waals surface area contributed by atoms with E-state index in [1.807, 2.05) is 159 Å². The van der Waals surface area contributed by atoms with Crippen molar-refractivity contribution in [2.75, 3.05) is 0 Å². The van der Waals surface area contributed by atoms with Crippen LogP contribution in [0, 0.1) is 22.7 Å². The quantitative estimate of drug-likeness (QED) is 0.105. The molecule has 0 atom stereocenters. The van der Waals surface area contributed by atoms with E-state index in [0.717, 1.165) is 222 Å². The Morgan fingerprint density at radius 2 is 0.438 bits per heavy atom. The highest BCUT2D eigenvalue weighted by Crippen LogP contribution is 2.45. The van der Waals surface area contributed by atoms with Gasteiger partial charge in [0.05, 0.1) is 114 Å². The molecule has 0 amide bonds. The van der Waals surface area contributed by atoms with Crippen LogP contribution in [0.15, 0.2) is 438 Å². The molecular formula is C116H72N12. The molecule has 0 aliphatic rings. The number of hydrogen-bond donors (Lipinski definition) is 0. The first-order valence-corrected chi connectivity index (χ1v) is 42.6. The summed E-state index contributed by atoms with van der Waals surface area (Å²) in [6, 6.07) is 144. The van der Waals surface area contributed by atoms with E-state index in [0.29, 0.717) is 11.1 Å². The van der Waals surface area contributed by atoms with Gasteiger partial charge in [-0.3, -0.25) is 29.1 Å². The average Bonchev–Trinajstić information content (AvgIpc) is 1.57. The van der Waals surface area contributed by atoms with Crippen molar-refractivity contribution in [3.63, 3.8) is 0 Å². The summed E-state index contributed by atoms with van der Waals surface area (Å²) in [5, 5.41) is 28.8. The minimum atomic E-state index is 0.606. The van der Waals surface area contributed by atoms with Crippen molar-refractivity contribution in [3.05, 3.63) is 449 Å². The third kappa shape index (κ3) is 13.4. The van der Waals surface area contributed by atoms with Gasteiger partial charge in [0.1, 0.15) is 11.6 Å². The predicted molar refractivity (Wildman–Crippen MR) is 521 cm³/mol. The number of nitriles is 2. The van der Waals surface area contributed by atoms with Gasteiger partial charge in [-0.25, -0.2) is 9.97 Å². The number of aromatic nitrogens is 10. The van der Waals surface area contributed by atoms with E-state index in [1.54, 1.807) is 0 Å². The molecule has 24 rings (SSSR count). The molecule has 0 spiro atoms. The van der Waals surface area contributed by atoms with E-state index in [-0.39, 0.29) is 0 Å². The highest BCUT2D eigenvalue weighted by atomic mass is 15.1. The maximum Gasteiger partial charge on any atom is 0.138 e. The van der Waals surface area contributed by atoms with Gasteiger partial charge in [-0.2, -0.15) is 10.5 Å². The fraction of sp³-hybridized carbons (Fsp3) is 0. The van der Waals surface area contributed by atoms with Crippen LogP contribution in [0.2, 0.25) is 0 Å². The van der Waals surface area contributed by atoms with Crippen LogP contribution in [0.4, 0.5) is 0 Å². The molecule has 0 fully saturated rings. The molecule has 10 aromatic heterocycles. The molecule has 0 unspecified atom stereocenters. The van der Waals surface area contributed by atoms with Crippen LogP contribution in [-0.4, -0.2) is 48.2 Å². The Bertz CT molecular complexity index is 8570. The molecule has 0 saturated heterocycles. The summed E-state index contributed by atoms with van der Waals surface area (Å²) in [6.45, 7) is 0. The number of para-hydroxylation sites is 4. The zero-order valence-electron chi connectivity index (χ0n) is 68.9. The number of fused-ring (bicyclic) bond motifs is 12. The van der Waals surface area contributed by atoms with Crippen LogP contribution in [-0.2, 0) is 0 Å². The van der Waals surface area contributed by atoms with Crippen LogP contribution in [0.1, 0.15) is 11.1 Å². The highest BCUT2D eigenvalue weighted by Gasteiger charge is 2.25. The van der Waals surface area contributed by atoms with E-state index in [9.17, 15) is 10.5 Å². The fourth-order valence-corrected chi connectivity index (χ4v) is 18.5. The molecule has 0 radical (unpaired) electrons. The molecule has 10 heterocycles. The van der Waals surface area contributed by atoms with Crippen LogP contribution < -0.4 is 0 Å². The van der Waals surface area contributed by atoms with Gasteiger partial charge in [-0.1, -0.05) is 255 Å². The zero-order valence-corrected chi connectivity index (χ0v) is 68.9. The summed E-state index contributed by atoms with van der Waals surface area (Å²) >= 11 is 0. The Hall–Kier alpha value is -17.8.